The van der Waals surface area contributed by atoms with E-state index >= 15 is 0 Å². The zero-order chi connectivity index (χ0) is 58.3. The van der Waals surface area contributed by atoms with E-state index in [1.165, 1.54) is 27.3 Å². The van der Waals surface area contributed by atoms with Gasteiger partial charge in [0.1, 0.15) is 33.4 Å². The van der Waals surface area contributed by atoms with Gasteiger partial charge in [-0.3, -0.25) is 9.59 Å². The Bertz CT molecular complexity index is 4650. The molecule has 0 atom stereocenters. The third kappa shape index (κ3) is 11.2. The van der Waals surface area contributed by atoms with Crippen LogP contribution < -0.4 is 43.6 Å². The summed E-state index contributed by atoms with van der Waals surface area (Å²) in [5.74, 6) is 0.705. The van der Waals surface area contributed by atoms with Crippen LogP contribution >= 0.6 is 0 Å². The number of ether oxygens (including phenoxy) is 1. The fraction of sp³-hybridized carbons (Fsp3) is 0.183. The van der Waals surface area contributed by atoms with Crippen LogP contribution in [0.3, 0.4) is 0 Å². The molecule has 2 amide bonds. The average molecular weight is 1180 g/mol. The molecule has 8 aromatic heterocycles. The van der Waals surface area contributed by atoms with Crippen molar-refractivity contribution in [2.75, 3.05) is 19.0 Å². The molecule has 13 rings (SSSR count). The Balaban J connectivity index is 0.00000724. The molecule has 3 N–H and O–H groups in total. The summed E-state index contributed by atoms with van der Waals surface area (Å²) in [6.07, 6.45) is 27.7. The van der Waals surface area contributed by atoms with Crippen LogP contribution in [0, 0.1) is 13.8 Å². The number of nitrogens with zero attached hydrogens (tertiary/aromatic N) is 8. The molecule has 0 spiro atoms. The number of nitrogens with one attached hydrogen (secondary N) is 3. The van der Waals surface area contributed by atoms with Gasteiger partial charge in [-0.1, -0.05) is 36.4 Å². The molecular formula is C71H65MnN11O3+4. The molecule has 0 saturated heterocycles. The van der Waals surface area contributed by atoms with E-state index in [9.17, 15) is 9.59 Å². The zero-order valence-corrected chi connectivity index (χ0v) is 50.1. The summed E-state index contributed by atoms with van der Waals surface area (Å²) in [4.78, 5) is 51.6. The maximum absolute atomic E-state index is 13.4. The first-order valence-corrected chi connectivity index (χ1v) is 28.9. The van der Waals surface area contributed by atoms with Crippen LogP contribution in [-0.4, -0.2) is 40.4 Å². The molecule has 2 aliphatic heterocycles. The normalized spacial score (nSPS) is 11.8. The van der Waals surface area contributed by atoms with Gasteiger partial charge >= 0.3 is 17.1 Å². The predicted molar refractivity (Wildman–Crippen MR) is 336 cm³/mol. The minimum atomic E-state index is -0.127. The van der Waals surface area contributed by atoms with Crippen LogP contribution in [0.2, 0.25) is 0 Å². The van der Waals surface area contributed by atoms with Crippen molar-refractivity contribution < 1.29 is 49.7 Å². The molecular weight excluding hydrogens is 1110 g/mol. The van der Waals surface area contributed by atoms with E-state index in [0.717, 1.165) is 131 Å². The van der Waals surface area contributed by atoms with Gasteiger partial charge in [-0.05, 0) is 142 Å². The SMILES string of the molecule is COc1ccc2[nH]c3c(C)c4cc[n+](CCCCC(=O)NCCCC(=O)Nc5ccc(-c6c7nc(c(-c8cc[n+](C)cc8)c8ccc([n-]8)c(-c8cc[n+](C)cc8)c8nc(c(-c9cc[n+](C)cc9)c9ccc6[n-]9)C=C8)C=C7)cc5)cc4c(C)c3c2c1.[Mn+2]. The van der Waals surface area contributed by atoms with Crippen LogP contribution in [-0.2, 0) is 54.3 Å². The molecule has 11 aromatic rings. The summed E-state index contributed by atoms with van der Waals surface area (Å²) < 4.78 is 13.8. The number of pyridine rings is 4. The van der Waals surface area contributed by atoms with Crippen LogP contribution in [0.1, 0.15) is 66.0 Å². The van der Waals surface area contributed by atoms with Crippen LogP contribution in [0.5, 0.6) is 5.75 Å². The van der Waals surface area contributed by atoms with Crippen LogP contribution in [0.25, 0.3) is 123 Å². The topological polar surface area (TPSA) is 153 Å². The van der Waals surface area contributed by atoms with E-state index < -0.39 is 0 Å². The number of aromatic nitrogens is 9. The summed E-state index contributed by atoms with van der Waals surface area (Å²) in [6.45, 7) is 5.59. The number of unbranched alkanes of at least 4 members (excludes halogenated alkanes) is 1. The van der Waals surface area contributed by atoms with Gasteiger partial charge < -0.3 is 30.3 Å². The van der Waals surface area contributed by atoms with E-state index in [-0.39, 0.29) is 35.3 Å². The number of aromatic amines is 1. The molecule has 1 radical (unpaired) electrons. The number of hydrogen-bond donors (Lipinski definition) is 3. The Morgan fingerprint density at radius 2 is 1.02 bits per heavy atom. The number of methoxy groups -OCH3 is 1. The third-order valence-corrected chi connectivity index (χ3v) is 16.4. The second-order valence-electron chi connectivity index (χ2n) is 22.2. The molecule has 2 aliphatic rings. The van der Waals surface area contributed by atoms with Gasteiger partial charge in [0.25, 0.3) is 0 Å². The largest absolute Gasteiger partial charge is 2.00 e. The first-order valence-electron chi connectivity index (χ1n) is 28.9. The van der Waals surface area contributed by atoms with E-state index in [1.54, 1.807) is 7.11 Å². The number of amides is 2. The Kier molecular flexibility index (Phi) is 15.8. The number of H-pyrrole nitrogens is 1. The molecule has 0 unspecified atom stereocenters. The van der Waals surface area contributed by atoms with Gasteiger partial charge in [-0.2, -0.15) is 0 Å². The van der Waals surface area contributed by atoms with Crippen molar-refractivity contribution in [1.82, 2.24) is 30.2 Å². The summed E-state index contributed by atoms with van der Waals surface area (Å²) >= 11 is 0. The minimum Gasteiger partial charge on any atom is -0.657 e. The molecule has 0 fully saturated rings. The van der Waals surface area contributed by atoms with Crippen molar-refractivity contribution in [3.8, 4) is 50.3 Å². The van der Waals surface area contributed by atoms with Gasteiger partial charge in [0.15, 0.2) is 49.6 Å². The van der Waals surface area contributed by atoms with Crippen molar-refractivity contribution in [3.63, 3.8) is 0 Å². The molecule has 3 aromatic carbocycles. The number of anilines is 1. The Morgan fingerprint density at radius 1 is 0.535 bits per heavy atom. The van der Waals surface area contributed by atoms with Crippen LogP contribution in [0.15, 0.2) is 159 Å². The molecule has 10 heterocycles. The number of aryl methyl sites for hydroxylation is 6. The van der Waals surface area contributed by atoms with Crippen molar-refractivity contribution >= 4 is 96.5 Å². The number of hydrogen-bond acceptors (Lipinski definition) is 5. The predicted octanol–water partition coefficient (Wildman–Crippen LogP) is 11.5. The van der Waals surface area contributed by atoms with Crippen LogP contribution in [0.4, 0.5) is 5.69 Å². The zero-order valence-electron chi connectivity index (χ0n) is 49.0. The fourth-order valence-electron chi connectivity index (χ4n) is 11.9. The number of rotatable bonds is 15. The van der Waals surface area contributed by atoms with E-state index in [1.807, 2.05) is 102 Å². The van der Waals surface area contributed by atoms with Crippen molar-refractivity contribution in [2.24, 2.45) is 21.1 Å². The minimum absolute atomic E-state index is 0. The monoisotopic (exact) mass is 1170 g/mol. The maximum atomic E-state index is 13.4. The van der Waals surface area contributed by atoms with Gasteiger partial charge in [-0.15, -0.1) is 22.1 Å². The van der Waals surface area contributed by atoms with Crippen molar-refractivity contribution in [3.05, 3.63) is 193 Å². The molecule has 86 heavy (non-hydrogen) atoms. The first kappa shape index (κ1) is 56.7. The van der Waals surface area contributed by atoms with Gasteiger partial charge in [0.2, 0.25) is 11.8 Å². The summed E-state index contributed by atoms with van der Waals surface area (Å²) in [5, 5.41) is 10.9. The van der Waals surface area contributed by atoms with Gasteiger partial charge in [-0.25, -0.2) is 28.2 Å². The third-order valence-electron chi connectivity index (χ3n) is 16.4. The molecule has 15 heteroatoms. The van der Waals surface area contributed by atoms with Gasteiger partial charge in [0.05, 0.1) is 35.4 Å². The maximum Gasteiger partial charge on any atom is 2.00 e. The van der Waals surface area contributed by atoms with E-state index in [0.29, 0.717) is 25.1 Å². The summed E-state index contributed by atoms with van der Waals surface area (Å²) in [7, 11) is 7.73. The molecule has 0 saturated carbocycles. The second kappa shape index (κ2) is 24.0. The smallest absolute Gasteiger partial charge is 0.657 e. The number of benzene rings is 3. The number of carbonyl (C=O) groups is 2. The quantitative estimate of drug-likeness (QED) is 0.0525. The molecule has 425 valence electrons. The number of fused-ring (bicyclic) bond motifs is 12. The Hall–Kier alpha value is -9.82. The average Bonchev–Trinajstić information content (AvgIpc) is 2.21. The second-order valence-corrected chi connectivity index (χ2v) is 22.2. The fourth-order valence-corrected chi connectivity index (χ4v) is 11.9. The van der Waals surface area contributed by atoms with E-state index in [2.05, 4.69) is 150 Å². The standard InChI is InChI=1S/C71H63N11O3.Mn/c1-44-54-43-82(41-32-52(54)45(2)71-66(44)53-42-51(85-6)16-17-55(53)78-71)34-8-7-10-64(83)72-33-9-11-65(84)73-50-14-12-46(13-15-50)67-56-18-20-58(74-56)68(47-26-35-79(3)36-27-47)60-22-24-62(76-60)70(49-30-39-81(5)40-31-49)63-25-23-61(77-63)69(59-21-19-57(67)75-59)48-28-37-80(4)38-29-48;/h12-32,35-43H,7-11,33-34H2,1-6H3,(H-2,72,73,74,75,76,77,83,84);/q;+2/p+2. The molecule has 8 bridgehead atoms. The molecule has 14 nitrogen and oxygen atoms in total. The first-order chi connectivity index (χ1) is 41.4. The van der Waals surface area contributed by atoms with E-state index in [4.69, 9.17) is 24.7 Å². The Morgan fingerprint density at radius 3 is 1.52 bits per heavy atom. The Labute approximate surface area is 509 Å². The van der Waals surface area contributed by atoms with Crippen molar-refractivity contribution in [2.45, 2.75) is 52.5 Å². The van der Waals surface area contributed by atoms with Crippen molar-refractivity contribution in [1.29, 1.82) is 0 Å². The summed E-state index contributed by atoms with van der Waals surface area (Å²) in [6, 6.07) is 37.1. The molecule has 0 aliphatic carbocycles. The van der Waals surface area contributed by atoms with Gasteiger partial charge in [0, 0.05) is 95.6 Å². The summed E-state index contributed by atoms with van der Waals surface area (Å²) in [5.41, 5.74) is 19.0. The number of carbonyl (C=O) groups excluding carboxylic acids is 2.